The van der Waals surface area contributed by atoms with E-state index in [2.05, 4.69) is 15.3 Å². The molecule has 5 nitrogen and oxygen atoms in total. The first-order valence-electron chi connectivity index (χ1n) is 4.48. The highest BCUT2D eigenvalue weighted by atomic mass is 16.2. The van der Waals surface area contributed by atoms with Gasteiger partial charge in [-0.2, -0.15) is 0 Å². The van der Waals surface area contributed by atoms with Crippen LogP contribution in [0.4, 0.5) is 0 Å². The molecule has 1 unspecified atom stereocenters. The zero-order valence-electron chi connectivity index (χ0n) is 8.20. The molecule has 2 N–H and O–H groups in total. The quantitative estimate of drug-likeness (QED) is 0.728. The lowest BCUT2D eigenvalue weighted by molar-refractivity contribution is 0.0937. The number of aromatic amines is 1. The zero-order chi connectivity index (χ0) is 10.6. The van der Waals surface area contributed by atoms with E-state index in [-0.39, 0.29) is 17.5 Å². The SMILES string of the molecule is CCC(C)NC(=O)c1cnc[nH]c1=O. The van der Waals surface area contributed by atoms with E-state index in [1.807, 2.05) is 13.8 Å². The van der Waals surface area contributed by atoms with Crippen LogP contribution in [0, 0.1) is 0 Å². The average Bonchev–Trinajstić information content (AvgIpc) is 2.18. The number of hydrogen-bond acceptors (Lipinski definition) is 3. The number of aromatic nitrogens is 2. The Hall–Kier alpha value is -1.65. The Morgan fingerprint density at radius 2 is 2.43 bits per heavy atom. The summed E-state index contributed by atoms with van der Waals surface area (Å²) in [5.41, 5.74) is -0.367. The normalized spacial score (nSPS) is 12.1. The molecule has 1 aromatic heterocycles. The van der Waals surface area contributed by atoms with Crippen molar-refractivity contribution >= 4 is 5.91 Å². The van der Waals surface area contributed by atoms with Gasteiger partial charge in [-0.1, -0.05) is 6.92 Å². The van der Waals surface area contributed by atoms with Crippen LogP contribution in [-0.2, 0) is 0 Å². The molecule has 14 heavy (non-hydrogen) atoms. The van der Waals surface area contributed by atoms with E-state index >= 15 is 0 Å². The second-order valence-electron chi connectivity index (χ2n) is 3.08. The van der Waals surface area contributed by atoms with Crippen molar-refractivity contribution in [3.8, 4) is 0 Å². The smallest absolute Gasteiger partial charge is 0.263 e. The Morgan fingerprint density at radius 3 is 3.00 bits per heavy atom. The number of hydrogen-bond donors (Lipinski definition) is 2. The second kappa shape index (κ2) is 4.55. The second-order valence-corrected chi connectivity index (χ2v) is 3.08. The van der Waals surface area contributed by atoms with Crippen LogP contribution in [-0.4, -0.2) is 21.9 Å². The summed E-state index contributed by atoms with van der Waals surface area (Å²) in [6.45, 7) is 3.83. The van der Waals surface area contributed by atoms with Crippen molar-refractivity contribution in [3.05, 3.63) is 28.4 Å². The van der Waals surface area contributed by atoms with E-state index in [4.69, 9.17) is 0 Å². The van der Waals surface area contributed by atoms with Crippen LogP contribution in [0.3, 0.4) is 0 Å². The average molecular weight is 195 g/mol. The molecule has 0 saturated heterocycles. The number of carbonyl (C=O) groups excluding carboxylic acids is 1. The zero-order valence-corrected chi connectivity index (χ0v) is 8.20. The minimum atomic E-state index is -0.416. The van der Waals surface area contributed by atoms with Crippen molar-refractivity contribution in [1.29, 1.82) is 0 Å². The van der Waals surface area contributed by atoms with Crippen molar-refractivity contribution in [2.45, 2.75) is 26.3 Å². The maximum Gasteiger partial charge on any atom is 0.263 e. The number of amides is 1. The molecule has 1 amide bonds. The van der Waals surface area contributed by atoms with Gasteiger partial charge in [-0.05, 0) is 13.3 Å². The Kier molecular flexibility index (Phi) is 3.39. The van der Waals surface area contributed by atoms with Crippen LogP contribution in [0.25, 0.3) is 0 Å². The van der Waals surface area contributed by atoms with Crippen molar-refractivity contribution in [1.82, 2.24) is 15.3 Å². The fourth-order valence-corrected chi connectivity index (χ4v) is 0.909. The van der Waals surface area contributed by atoms with Crippen LogP contribution in [0.2, 0.25) is 0 Å². The molecule has 0 spiro atoms. The van der Waals surface area contributed by atoms with E-state index in [1.54, 1.807) is 0 Å². The lowest BCUT2D eigenvalue weighted by Crippen LogP contribution is -2.35. The Morgan fingerprint density at radius 1 is 1.71 bits per heavy atom. The Labute approximate surface area is 81.6 Å². The number of rotatable bonds is 3. The van der Waals surface area contributed by atoms with E-state index in [1.165, 1.54) is 12.5 Å². The number of nitrogens with one attached hydrogen (secondary N) is 2. The minimum Gasteiger partial charge on any atom is -0.349 e. The molecule has 0 radical (unpaired) electrons. The maximum atomic E-state index is 11.5. The van der Waals surface area contributed by atoms with Gasteiger partial charge in [-0.25, -0.2) is 4.98 Å². The van der Waals surface area contributed by atoms with Gasteiger partial charge in [-0.15, -0.1) is 0 Å². The predicted octanol–water partition coefficient (Wildman–Crippen LogP) is 0.298. The summed E-state index contributed by atoms with van der Waals surface area (Å²) in [5.74, 6) is -0.381. The first-order chi connectivity index (χ1) is 6.65. The molecule has 5 heteroatoms. The number of H-pyrrole nitrogens is 1. The van der Waals surface area contributed by atoms with Gasteiger partial charge in [0.2, 0.25) is 0 Å². The summed E-state index contributed by atoms with van der Waals surface area (Å²) in [7, 11) is 0. The lowest BCUT2D eigenvalue weighted by atomic mass is 10.2. The van der Waals surface area contributed by atoms with Crippen LogP contribution in [0.1, 0.15) is 30.6 Å². The predicted molar refractivity (Wildman–Crippen MR) is 52.1 cm³/mol. The van der Waals surface area contributed by atoms with Gasteiger partial charge in [0.25, 0.3) is 11.5 Å². The summed E-state index contributed by atoms with van der Waals surface area (Å²) < 4.78 is 0. The molecule has 0 aliphatic carbocycles. The molecule has 1 heterocycles. The molecule has 76 valence electrons. The van der Waals surface area contributed by atoms with Crippen LogP contribution < -0.4 is 10.9 Å². The highest BCUT2D eigenvalue weighted by molar-refractivity contribution is 5.93. The monoisotopic (exact) mass is 195 g/mol. The van der Waals surface area contributed by atoms with Gasteiger partial charge in [0, 0.05) is 12.2 Å². The third-order valence-corrected chi connectivity index (χ3v) is 1.95. The first-order valence-corrected chi connectivity index (χ1v) is 4.48. The van der Waals surface area contributed by atoms with Gasteiger partial charge >= 0.3 is 0 Å². The van der Waals surface area contributed by atoms with Crippen molar-refractivity contribution in [2.75, 3.05) is 0 Å². The molecule has 0 aliphatic rings. The van der Waals surface area contributed by atoms with Gasteiger partial charge in [0.15, 0.2) is 0 Å². The third-order valence-electron chi connectivity index (χ3n) is 1.95. The molecule has 1 rings (SSSR count). The fourth-order valence-electron chi connectivity index (χ4n) is 0.909. The molecular weight excluding hydrogens is 182 g/mol. The van der Waals surface area contributed by atoms with Crippen molar-refractivity contribution in [3.63, 3.8) is 0 Å². The Balaban J connectivity index is 2.80. The van der Waals surface area contributed by atoms with Crippen LogP contribution in [0.15, 0.2) is 17.3 Å². The van der Waals surface area contributed by atoms with E-state index in [0.717, 1.165) is 6.42 Å². The summed E-state index contributed by atoms with van der Waals surface area (Å²) in [6, 6.07) is 0.0575. The highest BCUT2D eigenvalue weighted by Gasteiger charge is 2.11. The summed E-state index contributed by atoms with van der Waals surface area (Å²) >= 11 is 0. The van der Waals surface area contributed by atoms with Crippen LogP contribution >= 0.6 is 0 Å². The Bertz CT molecular complexity index is 372. The summed E-state index contributed by atoms with van der Waals surface area (Å²) in [6.07, 6.45) is 3.34. The van der Waals surface area contributed by atoms with Gasteiger partial charge in [0.05, 0.1) is 6.33 Å². The minimum absolute atomic E-state index is 0.0489. The largest absolute Gasteiger partial charge is 0.349 e. The van der Waals surface area contributed by atoms with Crippen molar-refractivity contribution in [2.24, 2.45) is 0 Å². The molecule has 0 bridgehead atoms. The summed E-state index contributed by atoms with van der Waals surface area (Å²) in [5, 5.41) is 2.69. The molecule has 0 fully saturated rings. The third kappa shape index (κ3) is 2.42. The number of carbonyl (C=O) groups is 1. The highest BCUT2D eigenvalue weighted by Crippen LogP contribution is 1.92. The van der Waals surface area contributed by atoms with E-state index in [0.29, 0.717) is 0 Å². The van der Waals surface area contributed by atoms with Gasteiger partial charge < -0.3 is 10.3 Å². The molecule has 0 aromatic carbocycles. The standard InChI is InChI=1S/C9H13N3O2/c1-3-6(2)12-9(14)7-4-10-5-11-8(7)13/h4-6H,3H2,1-2H3,(H,12,14)(H,10,11,13). The van der Waals surface area contributed by atoms with E-state index < -0.39 is 5.56 Å². The summed E-state index contributed by atoms with van der Waals surface area (Å²) in [4.78, 5) is 28.7. The van der Waals surface area contributed by atoms with Gasteiger partial charge in [-0.3, -0.25) is 9.59 Å². The maximum absolute atomic E-state index is 11.5. The lowest BCUT2D eigenvalue weighted by Gasteiger charge is -2.09. The number of nitrogens with zero attached hydrogens (tertiary/aromatic N) is 1. The fraction of sp³-hybridized carbons (Fsp3) is 0.444. The van der Waals surface area contributed by atoms with Crippen LogP contribution in [0.5, 0.6) is 0 Å². The topological polar surface area (TPSA) is 74.8 Å². The van der Waals surface area contributed by atoms with Crippen molar-refractivity contribution < 1.29 is 4.79 Å². The van der Waals surface area contributed by atoms with E-state index in [9.17, 15) is 9.59 Å². The molecular formula is C9H13N3O2. The molecule has 0 aliphatic heterocycles. The first kappa shape index (κ1) is 10.4. The van der Waals surface area contributed by atoms with Gasteiger partial charge in [0.1, 0.15) is 5.56 Å². The molecule has 1 atom stereocenters. The molecule has 1 aromatic rings. The molecule has 0 saturated carbocycles.